The molecule has 5 rings (SSSR count). The molecule has 10 heteroatoms. The van der Waals surface area contributed by atoms with Crippen LogP contribution < -0.4 is 4.74 Å². The Kier molecular flexibility index (Phi) is 8.29. The van der Waals surface area contributed by atoms with Crippen LogP contribution in [-0.2, 0) is 9.59 Å². The molecule has 2 atom stereocenters. The fraction of sp³-hybridized carbons (Fsp3) is 0.219. The summed E-state index contributed by atoms with van der Waals surface area (Å²) in [4.78, 5) is 66.6. The number of Topliss-reactive ketones (excluding diaryl/α,β-unsaturated/α-hetero) is 1. The number of imide groups is 1. The Morgan fingerprint density at radius 2 is 1.52 bits per heavy atom. The summed E-state index contributed by atoms with van der Waals surface area (Å²) in [5, 5.41) is 1.97. The van der Waals surface area contributed by atoms with Crippen LogP contribution in [0.15, 0.2) is 78.4 Å². The molecule has 0 bridgehead atoms. The number of esters is 1. The summed E-state index contributed by atoms with van der Waals surface area (Å²) in [5.41, 5.74) is 2.53. The molecule has 0 aromatic heterocycles. The van der Waals surface area contributed by atoms with Crippen LogP contribution in [-0.4, -0.2) is 46.0 Å². The number of nitrogens with zero attached hydrogens (tertiary/aromatic N) is 2. The van der Waals surface area contributed by atoms with Gasteiger partial charge in [0.1, 0.15) is 12.3 Å². The molecule has 1 aliphatic carbocycles. The van der Waals surface area contributed by atoms with E-state index < -0.39 is 47.9 Å². The third-order valence-corrected chi connectivity index (χ3v) is 7.95. The van der Waals surface area contributed by atoms with Gasteiger partial charge in [-0.1, -0.05) is 52.5 Å². The third kappa shape index (κ3) is 5.86. The second-order valence-electron chi connectivity index (χ2n) is 10.4. The SMILES string of the molecule is CC1=CC[C@@H]2C(=O)N(N(CC(=O)c3ccc(OC(=O)c4ccc(C)cc4)cc3)C(=O)c3ccc(Cl)cc3Cl)C(=O)[C@@H]2C1. The van der Waals surface area contributed by atoms with Gasteiger partial charge in [0.05, 0.1) is 28.0 Å². The molecule has 42 heavy (non-hydrogen) atoms. The molecular weight excluding hydrogens is 579 g/mol. The van der Waals surface area contributed by atoms with E-state index in [-0.39, 0.29) is 21.9 Å². The van der Waals surface area contributed by atoms with Crippen LogP contribution in [0.5, 0.6) is 5.75 Å². The number of allylic oxidation sites excluding steroid dienone is 2. The number of carbonyl (C=O) groups excluding carboxylic acids is 5. The molecular formula is C32H26Cl2N2O6. The number of halogens is 2. The molecule has 1 fully saturated rings. The zero-order chi connectivity index (χ0) is 30.1. The third-order valence-electron chi connectivity index (χ3n) is 7.40. The first-order valence-corrected chi connectivity index (χ1v) is 14.0. The zero-order valence-electron chi connectivity index (χ0n) is 22.8. The number of aryl methyl sites for hydroxylation is 1. The topological polar surface area (TPSA) is 101 Å². The van der Waals surface area contributed by atoms with Crippen LogP contribution in [0.25, 0.3) is 0 Å². The Hall–Kier alpha value is -4.27. The highest BCUT2D eigenvalue weighted by atomic mass is 35.5. The molecule has 3 amide bonds. The van der Waals surface area contributed by atoms with Crippen molar-refractivity contribution < 1.29 is 28.7 Å². The molecule has 0 saturated carbocycles. The number of hydrogen-bond donors (Lipinski definition) is 0. The second kappa shape index (κ2) is 11.9. The van der Waals surface area contributed by atoms with Gasteiger partial charge in [-0.25, -0.2) is 9.80 Å². The van der Waals surface area contributed by atoms with Crippen molar-refractivity contribution in [3.8, 4) is 5.75 Å². The summed E-state index contributed by atoms with van der Waals surface area (Å²) in [6.45, 7) is 3.19. The summed E-state index contributed by atoms with van der Waals surface area (Å²) < 4.78 is 5.40. The van der Waals surface area contributed by atoms with E-state index >= 15 is 0 Å². The number of amides is 3. The van der Waals surface area contributed by atoms with Crippen molar-refractivity contribution in [1.82, 2.24) is 10.0 Å². The first kappa shape index (κ1) is 29.2. The molecule has 3 aromatic rings. The van der Waals surface area contributed by atoms with Gasteiger partial charge in [0.25, 0.3) is 17.7 Å². The summed E-state index contributed by atoms with van der Waals surface area (Å²) in [6, 6.07) is 16.9. The maximum atomic E-state index is 13.8. The summed E-state index contributed by atoms with van der Waals surface area (Å²) in [7, 11) is 0. The normalized spacial score (nSPS) is 17.9. The second-order valence-corrected chi connectivity index (χ2v) is 11.2. The predicted octanol–water partition coefficient (Wildman–Crippen LogP) is 6.10. The summed E-state index contributed by atoms with van der Waals surface area (Å²) >= 11 is 12.3. The minimum Gasteiger partial charge on any atom is -0.423 e. The maximum Gasteiger partial charge on any atom is 0.343 e. The van der Waals surface area contributed by atoms with E-state index in [2.05, 4.69) is 0 Å². The lowest BCUT2D eigenvalue weighted by Gasteiger charge is -2.30. The van der Waals surface area contributed by atoms with Crippen molar-refractivity contribution in [1.29, 1.82) is 0 Å². The van der Waals surface area contributed by atoms with Crippen LogP contribution in [0.4, 0.5) is 0 Å². The van der Waals surface area contributed by atoms with Crippen LogP contribution in [0, 0.1) is 18.8 Å². The van der Waals surface area contributed by atoms with Gasteiger partial charge in [-0.3, -0.25) is 19.2 Å². The molecule has 8 nitrogen and oxygen atoms in total. The van der Waals surface area contributed by atoms with Crippen LogP contribution in [0.1, 0.15) is 56.4 Å². The number of hydrogen-bond acceptors (Lipinski definition) is 6. The van der Waals surface area contributed by atoms with Gasteiger partial charge in [-0.05, 0) is 81.3 Å². The minimum atomic E-state index is -0.793. The Morgan fingerprint density at radius 3 is 2.19 bits per heavy atom. The summed E-state index contributed by atoms with van der Waals surface area (Å²) in [6.07, 6.45) is 2.68. The van der Waals surface area contributed by atoms with E-state index in [9.17, 15) is 24.0 Å². The lowest BCUT2D eigenvalue weighted by molar-refractivity contribution is -0.154. The van der Waals surface area contributed by atoms with Gasteiger partial charge in [0.15, 0.2) is 5.78 Å². The molecule has 0 radical (unpaired) electrons. The summed E-state index contributed by atoms with van der Waals surface area (Å²) in [5.74, 6) is -3.99. The zero-order valence-corrected chi connectivity index (χ0v) is 24.3. The van der Waals surface area contributed by atoms with Crippen molar-refractivity contribution in [2.24, 2.45) is 11.8 Å². The van der Waals surface area contributed by atoms with Crippen molar-refractivity contribution in [3.05, 3.63) is 111 Å². The Morgan fingerprint density at radius 1 is 0.881 bits per heavy atom. The molecule has 0 spiro atoms. The smallest absolute Gasteiger partial charge is 0.343 e. The monoisotopic (exact) mass is 604 g/mol. The van der Waals surface area contributed by atoms with Gasteiger partial charge in [-0.2, -0.15) is 5.01 Å². The molecule has 2 aliphatic rings. The van der Waals surface area contributed by atoms with E-state index in [4.69, 9.17) is 27.9 Å². The fourth-order valence-corrected chi connectivity index (χ4v) is 5.57. The number of ketones is 1. The van der Waals surface area contributed by atoms with E-state index in [0.29, 0.717) is 23.4 Å². The number of hydrazine groups is 1. The quantitative estimate of drug-likeness (QED) is 0.106. The lowest BCUT2D eigenvalue weighted by Crippen LogP contribution is -2.52. The van der Waals surface area contributed by atoms with Gasteiger partial charge in [-0.15, -0.1) is 0 Å². The van der Waals surface area contributed by atoms with E-state index in [1.807, 2.05) is 19.9 Å². The van der Waals surface area contributed by atoms with Gasteiger partial charge >= 0.3 is 5.97 Å². The average Bonchev–Trinajstić information content (AvgIpc) is 3.20. The van der Waals surface area contributed by atoms with Crippen molar-refractivity contribution in [3.63, 3.8) is 0 Å². The standard InChI is InChI=1S/C32H26Cl2N2O6/c1-18-3-6-21(7-4-18)32(41)42-23-11-8-20(9-12-23)28(37)17-35(29(38)25-14-10-22(33)16-27(25)34)36-30(39)24-13-5-19(2)15-26(24)31(36)40/h3-12,14,16,24,26H,13,15,17H2,1-2H3/t24-,26+/m0/s1. The van der Waals surface area contributed by atoms with Crippen molar-refractivity contribution in [2.45, 2.75) is 26.7 Å². The highest BCUT2D eigenvalue weighted by Crippen LogP contribution is 2.39. The van der Waals surface area contributed by atoms with E-state index in [1.165, 1.54) is 42.5 Å². The Bertz CT molecular complexity index is 1630. The van der Waals surface area contributed by atoms with Gasteiger partial charge < -0.3 is 4.74 Å². The molecule has 0 unspecified atom stereocenters. The highest BCUT2D eigenvalue weighted by molar-refractivity contribution is 6.36. The molecule has 1 saturated heterocycles. The lowest BCUT2D eigenvalue weighted by atomic mass is 9.82. The molecule has 1 aliphatic heterocycles. The molecule has 1 heterocycles. The van der Waals surface area contributed by atoms with Crippen molar-refractivity contribution in [2.75, 3.05) is 6.54 Å². The maximum absolute atomic E-state index is 13.8. The number of rotatable bonds is 7. The largest absolute Gasteiger partial charge is 0.423 e. The van der Waals surface area contributed by atoms with E-state index in [1.54, 1.807) is 24.3 Å². The van der Waals surface area contributed by atoms with Gasteiger partial charge in [0.2, 0.25) is 0 Å². The number of ether oxygens (including phenoxy) is 1. The van der Waals surface area contributed by atoms with Crippen molar-refractivity contribution >= 4 is 52.7 Å². The molecule has 214 valence electrons. The minimum absolute atomic E-state index is 0.0127. The average molecular weight is 605 g/mol. The van der Waals surface area contributed by atoms with Crippen LogP contribution in [0.3, 0.4) is 0 Å². The molecule has 0 N–H and O–H groups in total. The first-order valence-electron chi connectivity index (χ1n) is 13.3. The number of carbonyl (C=O) groups is 5. The number of fused-ring (bicyclic) bond motifs is 1. The van der Waals surface area contributed by atoms with Crippen LogP contribution in [0.2, 0.25) is 10.0 Å². The number of benzene rings is 3. The van der Waals surface area contributed by atoms with Gasteiger partial charge in [0, 0.05) is 10.6 Å². The Balaban J connectivity index is 1.39. The van der Waals surface area contributed by atoms with Crippen LogP contribution >= 0.6 is 23.2 Å². The fourth-order valence-electron chi connectivity index (χ4n) is 5.09. The first-order chi connectivity index (χ1) is 20.0. The van der Waals surface area contributed by atoms with E-state index in [0.717, 1.165) is 21.2 Å². The Labute approximate surface area is 252 Å². The molecule has 3 aromatic carbocycles. The highest BCUT2D eigenvalue weighted by Gasteiger charge is 2.52. The predicted molar refractivity (Wildman–Crippen MR) is 156 cm³/mol.